The maximum atomic E-state index is 12.7. The van der Waals surface area contributed by atoms with Crippen LogP contribution in [-0.4, -0.2) is 26.7 Å². The van der Waals surface area contributed by atoms with E-state index in [2.05, 4.69) is 10.4 Å². The number of amides is 1. The molecule has 1 heterocycles. The lowest BCUT2D eigenvalue weighted by Crippen LogP contribution is -2.35. The zero-order valence-electron chi connectivity index (χ0n) is 11.4. The number of rotatable bonds is 6. The summed E-state index contributed by atoms with van der Waals surface area (Å²) in [5.74, 6) is -0.430. The van der Waals surface area contributed by atoms with Crippen LogP contribution in [0.5, 0.6) is 0 Å². The molecule has 0 aliphatic heterocycles. The Balaban J connectivity index is 3.00. The van der Waals surface area contributed by atoms with Crippen molar-refractivity contribution in [1.82, 2.24) is 15.1 Å². The van der Waals surface area contributed by atoms with Crippen LogP contribution in [0.25, 0.3) is 0 Å². The number of hydrogen-bond acceptors (Lipinski definition) is 4. The molecule has 112 valence electrons. The Morgan fingerprint density at radius 2 is 2.15 bits per heavy atom. The second-order valence-electron chi connectivity index (χ2n) is 4.41. The highest BCUT2D eigenvalue weighted by molar-refractivity contribution is 5.76. The molecule has 20 heavy (non-hydrogen) atoms. The molecule has 1 unspecified atom stereocenters. The number of nitro groups is 1. The fourth-order valence-electron chi connectivity index (χ4n) is 1.65. The molecule has 0 fully saturated rings. The van der Waals surface area contributed by atoms with Gasteiger partial charge in [0.2, 0.25) is 11.6 Å². The van der Waals surface area contributed by atoms with E-state index in [1.54, 1.807) is 6.92 Å². The second-order valence-corrected chi connectivity index (χ2v) is 4.41. The minimum atomic E-state index is -3.06. The second kappa shape index (κ2) is 6.40. The summed E-state index contributed by atoms with van der Waals surface area (Å²) in [6.07, 6.45) is -2.35. The number of aromatic nitrogens is 2. The molecular weight excluding hydrogens is 274 g/mol. The molecule has 0 aliphatic rings. The van der Waals surface area contributed by atoms with Gasteiger partial charge in [0.05, 0.1) is 4.92 Å². The van der Waals surface area contributed by atoms with Gasteiger partial charge in [-0.2, -0.15) is 5.10 Å². The van der Waals surface area contributed by atoms with Crippen molar-refractivity contribution in [1.29, 1.82) is 0 Å². The predicted octanol–water partition coefficient (Wildman–Crippen LogP) is 1.95. The van der Waals surface area contributed by atoms with Crippen molar-refractivity contribution in [3.8, 4) is 0 Å². The Labute approximate surface area is 114 Å². The van der Waals surface area contributed by atoms with Gasteiger partial charge >= 0.3 is 5.69 Å². The van der Waals surface area contributed by atoms with Gasteiger partial charge in [0.15, 0.2) is 0 Å². The molecule has 0 spiro atoms. The molecule has 1 atom stereocenters. The van der Waals surface area contributed by atoms with Crippen LogP contribution in [0.4, 0.5) is 14.5 Å². The first kappa shape index (κ1) is 16.0. The molecule has 9 heteroatoms. The van der Waals surface area contributed by atoms with Gasteiger partial charge in [-0.25, -0.2) is 8.78 Å². The van der Waals surface area contributed by atoms with Crippen LogP contribution >= 0.6 is 0 Å². The average Bonchev–Trinajstić information content (AvgIpc) is 2.66. The van der Waals surface area contributed by atoms with Crippen molar-refractivity contribution in [3.63, 3.8) is 0 Å². The fraction of sp³-hybridized carbons (Fsp3) is 0.636. The standard InChI is InChI=1S/C11H16F2N4O3/c1-4-6(2)14-8(18)5-16-7(3)10(17(19)20)9(15-16)11(12)13/h6,11H,4-5H2,1-3H3,(H,14,18). The predicted molar refractivity (Wildman–Crippen MR) is 66.5 cm³/mol. The first-order chi connectivity index (χ1) is 9.27. The van der Waals surface area contributed by atoms with E-state index in [9.17, 15) is 23.7 Å². The highest BCUT2D eigenvalue weighted by atomic mass is 19.3. The van der Waals surface area contributed by atoms with Crippen LogP contribution in [0, 0.1) is 17.0 Å². The van der Waals surface area contributed by atoms with Gasteiger partial charge in [0.25, 0.3) is 6.43 Å². The van der Waals surface area contributed by atoms with Crippen molar-refractivity contribution < 1.29 is 18.5 Å². The number of carbonyl (C=O) groups is 1. The Morgan fingerprint density at radius 3 is 2.55 bits per heavy atom. The number of hydrogen-bond donors (Lipinski definition) is 1. The summed E-state index contributed by atoms with van der Waals surface area (Å²) in [6.45, 7) is 4.63. The van der Waals surface area contributed by atoms with Gasteiger partial charge in [0.1, 0.15) is 12.2 Å². The van der Waals surface area contributed by atoms with Crippen molar-refractivity contribution in [2.45, 2.75) is 46.2 Å². The molecular formula is C11H16F2N4O3. The summed E-state index contributed by atoms with van der Waals surface area (Å²) < 4.78 is 26.3. The monoisotopic (exact) mass is 290 g/mol. The Morgan fingerprint density at radius 1 is 1.55 bits per heavy atom. The Hall–Kier alpha value is -2.06. The van der Waals surface area contributed by atoms with Crippen LogP contribution in [0.2, 0.25) is 0 Å². The van der Waals surface area contributed by atoms with E-state index in [1.165, 1.54) is 6.92 Å². The van der Waals surface area contributed by atoms with Crippen LogP contribution < -0.4 is 5.32 Å². The van der Waals surface area contributed by atoms with Gasteiger partial charge in [0, 0.05) is 6.04 Å². The number of nitrogens with one attached hydrogen (secondary N) is 1. The lowest BCUT2D eigenvalue weighted by molar-refractivity contribution is -0.386. The quantitative estimate of drug-likeness (QED) is 0.640. The Kier molecular flexibility index (Phi) is 5.12. The zero-order chi connectivity index (χ0) is 15.4. The van der Waals surface area contributed by atoms with E-state index in [0.29, 0.717) is 6.42 Å². The van der Waals surface area contributed by atoms with Crippen molar-refractivity contribution in [2.75, 3.05) is 0 Å². The largest absolute Gasteiger partial charge is 0.352 e. The molecule has 1 aromatic heterocycles. The highest BCUT2D eigenvalue weighted by Gasteiger charge is 2.31. The van der Waals surface area contributed by atoms with Crippen LogP contribution in [0.1, 0.15) is 38.1 Å². The molecule has 0 saturated heterocycles. The van der Waals surface area contributed by atoms with Gasteiger partial charge < -0.3 is 5.32 Å². The molecule has 1 aromatic rings. The van der Waals surface area contributed by atoms with E-state index in [4.69, 9.17) is 0 Å². The minimum absolute atomic E-state index is 0.0652. The number of alkyl halides is 2. The molecule has 7 nitrogen and oxygen atoms in total. The molecule has 0 aliphatic carbocycles. The minimum Gasteiger partial charge on any atom is -0.352 e. The first-order valence-corrected chi connectivity index (χ1v) is 6.07. The Bertz CT molecular complexity index is 516. The summed E-state index contributed by atoms with van der Waals surface area (Å²) in [4.78, 5) is 21.5. The van der Waals surface area contributed by atoms with Gasteiger partial charge in [-0.05, 0) is 20.3 Å². The van der Waals surface area contributed by atoms with Crippen LogP contribution in [0.3, 0.4) is 0 Å². The third kappa shape index (κ3) is 3.49. The molecule has 1 N–H and O–H groups in total. The molecule has 0 radical (unpaired) electrons. The van der Waals surface area contributed by atoms with E-state index < -0.39 is 28.6 Å². The van der Waals surface area contributed by atoms with Crippen LogP contribution in [-0.2, 0) is 11.3 Å². The third-order valence-electron chi connectivity index (χ3n) is 2.90. The fourth-order valence-corrected chi connectivity index (χ4v) is 1.65. The number of carbonyl (C=O) groups excluding carboxylic acids is 1. The maximum Gasteiger partial charge on any atom is 0.319 e. The van der Waals surface area contributed by atoms with E-state index in [0.717, 1.165) is 4.68 Å². The average molecular weight is 290 g/mol. The maximum absolute atomic E-state index is 12.7. The van der Waals surface area contributed by atoms with Gasteiger partial charge in [-0.1, -0.05) is 6.92 Å². The van der Waals surface area contributed by atoms with Crippen molar-refractivity contribution >= 4 is 11.6 Å². The summed E-state index contributed by atoms with van der Waals surface area (Å²) in [5, 5.41) is 16.9. The summed E-state index contributed by atoms with van der Waals surface area (Å²) in [6, 6.07) is -0.0667. The van der Waals surface area contributed by atoms with Crippen molar-refractivity contribution in [2.24, 2.45) is 0 Å². The first-order valence-electron chi connectivity index (χ1n) is 6.07. The van der Waals surface area contributed by atoms with Gasteiger partial charge in [-0.3, -0.25) is 19.6 Å². The zero-order valence-corrected chi connectivity index (χ0v) is 11.4. The molecule has 0 bridgehead atoms. The molecule has 0 aromatic carbocycles. The van der Waals surface area contributed by atoms with Crippen molar-refractivity contribution in [3.05, 3.63) is 21.5 Å². The normalized spacial score (nSPS) is 12.5. The molecule has 0 saturated carbocycles. The SMILES string of the molecule is CCC(C)NC(=O)Cn1nc(C(F)F)c([N+](=O)[O-])c1C. The molecule has 1 amide bonds. The van der Waals surface area contributed by atoms with Gasteiger partial charge in [-0.15, -0.1) is 0 Å². The highest BCUT2D eigenvalue weighted by Crippen LogP contribution is 2.30. The van der Waals surface area contributed by atoms with Crippen LogP contribution in [0.15, 0.2) is 0 Å². The molecule has 1 rings (SSSR count). The summed E-state index contributed by atoms with van der Waals surface area (Å²) in [5.41, 5.74) is -1.72. The van der Waals surface area contributed by atoms with E-state index in [-0.39, 0.29) is 18.3 Å². The smallest absolute Gasteiger partial charge is 0.319 e. The summed E-state index contributed by atoms with van der Waals surface area (Å²) in [7, 11) is 0. The van der Waals surface area contributed by atoms with E-state index in [1.807, 2.05) is 6.92 Å². The third-order valence-corrected chi connectivity index (χ3v) is 2.90. The van der Waals surface area contributed by atoms with E-state index >= 15 is 0 Å². The number of nitrogens with zero attached hydrogens (tertiary/aromatic N) is 3. The summed E-state index contributed by atoms with van der Waals surface area (Å²) >= 11 is 0. The lowest BCUT2D eigenvalue weighted by atomic mass is 10.2. The number of halogens is 2. The lowest BCUT2D eigenvalue weighted by Gasteiger charge is -2.11. The topological polar surface area (TPSA) is 90.1 Å².